The predicted molar refractivity (Wildman–Crippen MR) is 32.9 cm³/mol. The SMILES string of the molecule is CC1(F)CCS(=O)(=O)C1(F)F. The summed E-state index contributed by atoms with van der Waals surface area (Å²) in [4.78, 5) is 0. The van der Waals surface area contributed by atoms with Crippen molar-refractivity contribution in [3.05, 3.63) is 0 Å². The van der Waals surface area contributed by atoms with Crippen molar-refractivity contribution in [1.82, 2.24) is 0 Å². The van der Waals surface area contributed by atoms with Gasteiger partial charge in [-0.2, -0.15) is 8.78 Å². The van der Waals surface area contributed by atoms with Gasteiger partial charge >= 0.3 is 5.25 Å². The monoisotopic (exact) mass is 188 g/mol. The standard InChI is InChI=1S/C5H7F3O2S/c1-4(6)2-3-11(9,10)5(4,7)8/h2-3H2,1H3. The number of sulfone groups is 1. The lowest BCUT2D eigenvalue weighted by Crippen LogP contribution is -2.40. The third-order valence-corrected chi connectivity index (χ3v) is 3.79. The summed E-state index contributed by atoms with van der Waals surface area (Å²) in [6, 6.07) is 0. The van der Waals surface area contributed by atoms with Crippen LogP contribution in [0.5, 0.6) is 0 Å². The lowest BCUT2D eigenvalue weighted by molar-refractivity contribution is -0.0502. The van der Waals surface area contributed by atoms with E-state index < -0.39 is 32.9 Å². The van der Waals surface area contributed by atoms with E-state index in [4.69, 9.17) is 0 Å². The van der Waals surface area contributed by atoms with Gasteiger partial charge in [0.15, 0.2) is 5.67 Å². The normalized spacial score (nSPS) is 40.7. The molecular weight excluding hydrogens is 181 g/mol. The van der Waals surface area contributed by atoms with Crippen LogP contribution in [0.25, 0.3) is 0 Å². The second-order valence-corrected chi connectivity index (χ2v) is 4.93. The summed E-state index contributed by atoms with van der Waals surface area (Å²) in [6.45, 7) is 0.609. The number of rotatable bonds is 0. The highest BCUT2D eigenvalue weighted by Crippen LogP contribution is 2.45. The summed E-state index contributed by atoms with van der Waals surface area (Å²) in [6.07, 6.45) is -0.623. The van der Waals surface area contributed by atoms with Gasteiger partial charge < -0.3 is 0 Å². The first-order chi connectivity index (χ1) is 4.71. The van der Waals surface area contributed by atoms with E-state index in [0.717, 1.165) is 0 Å². The molecule has 1 saturated heterocycles. The predicted octanol–water partition coefficient (Wildman–Crippen LogP) is 1.13. The minimum atomic E-state index is -4.54. The second-order valence-electron chi connectivity index (χ2n) is 2.78. The van der Waals surface area contributed by atoms with E-state index in [1.54, 1.807) is 0 Å². The number of hydrogen-bond donors (Lipinski definition) is 0. The molecule has 0 saturated carbocycles. The zero-order valence-electron chi connectivity index (χ0n) is 5.77. The van der Waals surface area contributed by atoms with Crippen LogP contribution in [0.2, 0.25) is 0 Å². The van der Waals surface area contributed by atoms with Gasteiger partial charge in [-0.25, -0.2) is 12.8 Å². The number of alkyl halides is 3. The maximum atomic E-state index is 12.8. The minimum Gasteiger partial charge on any atom is -0.236 e. The van der Waals surface area contributed by atoms with Gasteiger partial charge in [-0.3, -0.25) is 0 Å². The molecule has 1 fully saturated rings. The van der Waals surface area contributed by atoms with Crippen molar-refractivity contribution in [3.8, 4) is 0 Å². The van der Waals surface area contributed by atoms with E-state index in [2.05, 4.69) is 0 Å². The van der Waals surface area contributed by atoms with E-state index in [9.17, 15) is 21.6 Å². The molecule has 0 aromatic carbocycles. The van der Waals surface area contributed by atoms with Crippen LogP contribution in [0.1, 0.15) is 13.3 Å². The molecule has 1 rings (SSSR count). The van der Waals surface area contributed by atoms with Crippen LogP contribution in [0.4, 0.5) is 13.2 Å². The van der Waals surface area contributed by atoms with Gasteiger partial charge in [-0.05, 0) is 6.92 Å². The molecular formula is C5H7F3O2S. The van der Waals surface area contributed by atoms with Gasteiger partial charge in [0.2, 0.25) is 9.84 Å². The highest BCUT2D eigenvalue weighted by molar-refractivity contribution is 7.92. The van der Waals surface area contributed by atoms with Gasteiger partial charge in [0, 0.05) is 6.42 Å². The fourth-order valence-corrected chi connectivity index (χ4v) is 2.58. The fourth-order valence-electron chi connectivity index (χ4n) is 0.924. The summed E-state index contributed by atoms with van der Waals surface area (Å²) >= 11 is 0. The van der Waals surface area contributed by atoms with E-state index >= 15 is 0 Å². The molecule has 6 heteroatoms. The number of halogens is 3. The first kappa shape index (κ1) is 8.83. The highest BCUT2D eigenvalue weighted by Gasteiger charge is 2.65. The topological polar surface area (TPSA) is 34.1 Å². The Morgan fingerprint density at radius 3 is 1.82 bits per heavy atom. The fraction of sp³-hybridized carbons (Fsp3) is 1.00. The Labute approximate surface area is 62.3 Å². The van der Waals surface area contributed by atoms with Crippen molar-refractivity contribution in [1.29, 1.82) is 0 Å². The Morgan fingerprint density at radius 2 is 1.73 bits per heavy atom. The summed E-state index contributed by atoms with van der Waals surface area (Å²) < 4.78 is 58.8. The van der Waals surface area contributed by atoms with Gasteiger partial charge in [-0.1, -0.05) is 0 Å². The largest absolute Gasteiger partial charge is 0.378 e. The van der Waals surface area contributed by atoms with E-state index in [1.165, 1.54) is 0 Å². The minimum absolute atomic E-state index is 0.609. The molecule has 0 aliphatic carbocycles. The van der Waals surface area contributed by atoms with E-state index in [0.29, 0.717) is 6.92 Å². The van der Waals surface area contributed by atoms with E-state index in [1.807, 2.05) is 0 Å². The Bertz CT molecular complexity index is 267. The van der Waals surface area contributed by atoms with Crippen LogP contribution >= 0.6 is 0 Å². The van der Waals surface area contributed by atoms with Crippen molar-refractivity contribution >= 4 is 9.84 Å². The zero-order valence-corrected chi connectivity index (χ0v) is 6.59. The summed E-state index contributed by atoms with van der Waals surface area (Å²) in [7, 11) is -4.54. The second kappa shape index (κ2) is 1.91. The average Bonchev–Trinajstić information content (AvgIpc) is 1.93. The molecule has 11 heavy (non-hydrogen) atoms. The quantitative estimate of drug-likeness (QED) is 0.571. The molecule has 0 N–H and O–H groups in total. The molecule has 1 atom stereocenters. The van der Waals surface area contributed by atoms with Gasteiger partial charge in [0.25, 0.3) is 0 Å². The molecule has 1 aliphatic rings. The molecule has 2 nitrogen and oxygen atoms in total. The molecule has 0 radical (unpaired) electrons. The van der Waals surface area contributed by atoms with Crippen LogP contribution in [0.3, 0.4) is 0 Å². The first-order valence-electron chi connectivity index (χ1n) is 3.00. The molecule has 0 spiro atoms. The molecule has 0 bridgehead atoms. The molecule has 0 amide bonds. The van der Waals surface area contributed by atoms with Crippen molar-refractivity contribution in [2.75, 3.05) is 5.75 Å². The van der Waals surface area contributed by atoms with Crippen LogP contribution in [-0.2, 0) is 9.84 Å². The molecule has 0 aromatic heterocycles. The first-order valence-corrected chi connectivity index (χ1v) is 4.65. The lowest BCUT2D eigenvalue weighted by Gasteiger charge is -2.19. The Balaban J connectivity index is 3.21. The van der Waals surface area contributed by atoms with Crippen molar-refractivity contribution in [2.24, 2.45) is 0 Å². The Hall–Kier alpha value is -0.260. The highest BCUT2D eigenvalue weighted by atomic mass is 32.2. The zero-order chi connectivity index (χ0) is 8.91. The number of hydrogen-bond acceptors (Lipinski definition) is 2. The third kappa shape index (κ3) is 0.953. The van der Waals surface area contributed by atoms with Gasteiger partial charge in [-0.15, -0.1) is 0 Å². The van der Waals surface area contributed by atoms with Gasteiger partial charge in [0.1, 0.15) is 0 Å². The molecule has 66 valence electrons. The average molecular weight is 188 g/mol. The Morgan fingerprint density at radius 1 is 1.27 bits per heavy atom. The van der Waals surface area contributed by atoms with Crippen molar-refractivity contribution in [3.63, 3.8) is 0 Å². The summed E-state index contributed by atoms with van der Waals surface area (Å²) in [5, 5.41) is -4.21. The van der Waals surface area contributed by atoms with E-state index in [-0.39, 0.29) is 0 Å². The molecule has 0 aromatic rings. The smallest absolute Gasteiger partial charge is 0.236 e. The lowest BCUT2D eigenvalue weighted by atomic mass is 10.1. The molecule has 1 unspecified atom stereocenters. The maximum Gasteiger partial charge on any atom is 0.378 e. The van der Waals surface area contributed by atoms with Crippen LogP contribution in [-0.4, -0.2) is 25.1 Å². The van der Waals surface area contributed by atoms with Crippen LogP contribution in [0, 0.1) is 0 Å². The summed E-state index contributed by atoms with van der Waals surface area (Å²) in [5.41, 5.74) is -2.90. The maximum absolute atomic E-state index is 12.8. The Kier molecular flexibility index (Phi) is 1.53. The van der Waals surface area contributed by atoms with Gasteiger partial charge in [0.05, 0.1) is 5.75 Å². The third-order valence-electron chi connectivity index (χ3n) is 1.84. The van der Waals surface area contributed by atoms with Crippen molar-refractivity contribution < 1.29 is 21.6 Å². The molecule has 1 heterocycles. The van der Waals surface area contributed by atoms with Crippen molar-refractivity contribution in [2.45, 2.75) is 24.3 Å². The molecule has 1 aliphatic heterocycles. The van der Waals surface area contributed by atoms with Crippen LogP contribution in [0.15, 0.2) is 0 Å². The van der Waals surface area contributed by atoms with Crippen LogP contribution < -0.4 is 0 Å². The summed E-state index contributed by atoms with van der Waals surface area (Å²) in [5.74, 6) is -0.771.